The summed E-state index contributed by atoms with van der Waals surface area (Å²) in [4.78, 5) is 30.4. The number of urea groups is 1. The van der Waals surface area contributed by atoms with Gasteiger partial charge in [-0.15, -0.1) is 0 Å². The van der Waals surface area contributed by atoms with Crippen LogP contribution in [0.5, 0.6) is 0 Å². The van der Waals surface area contributed by atoms with Crippen molar-refractivity contribution in [2.24, 2.45) is 0 Å². The third kappa shape index (κ3) is 5.31. The lowest BCUT2D eigenvalue weighted by Gasteiger charge is -2.30. The number of hydrogen-bond acceptors (Lipinski definition) is 4. The zero-order valence-corrected chi connectivity index (χ0v) is 17.8. The van der Waals surface area contributed by atoms with E-state index in [-0.39, 0.29) is 24.2 Å². The van der Waals surface area contributed by atoms with Gasteiger partial charge in [-0.05, 0) is 55.1 Å². The summed E-state index contributed by atoms with van der Waals surface area (Å²) in [5.74, 6) is 0. The average molecular weight is 421 g/mol. The standard InChI is InChI=1S/C24H27N3O4/c1-16-4-3-5-20(11-16)25-24(29)27(14-21-15-30-8-9-31-21)13-19-12-18-10-17(2)6-7-22(18)26-23(19)28/h3-7,10-12,21H,8-9,13-15H2,1-2H3,(H,25,29)(H,26,28)/t21-/m0/s1. The van der Waals surface area contributed by atoms with E-state index in [0.717, 1.165) is 22.0 Å². The van der Waals surface area contributed by atoms with Gasteiger partial charge >= 0.3 is 6.03 Å². The molecule has 0 aliphatic carbocycles. The third-order valence-electron chi connectivity index (χ3n) is 5.30. The molecule has 1 aromatic heterocycles. The molecule has 0 radical (unpaired) electrons. The second-order valence-corrected chi connectivity index (χ2v) is 7.96. The highest BCUT2D eigenvalue weighted by Crippen LogP contribution is 2.16. The Labute approximate surface area is 181 Å². The molecule has 31 heavy (non-hydrogen) atoms. The second kappa shape index (κ2) is 9.32. The second-order valence-electron chi connectivity index (χ2n) is 7.96. The normalized spacial score (nSPS) is 16.3. The van der Waals surface area contributed by atoms with E-state index in [1.807, 2.05) is 62.4 Å². The van der Waals surface area contributed by atoms with Crippen LogP contribution in [0, 0.1) is 13.8 Å². The lowest BCUT2D eigenvalue weighted by molar-refractivity contribution is -0.0943. The molecule has 7 nitrogen and oxygen atoms in total. The Bertz CT molecular complexity index is 1140. The van der Waals surface area contributed by atoms with E-state index in [2.05, 4.69) is 10.3 Å². The van der Waals surface area contributed by atoms with Crippen LogP contribution in [0.15, 0.2) is 53.3 Å². The van der Waals surface area contributed by atoms with Gasteiger partial charge in [-0.25, -0.2) is 4.79 Å². The maximum Gasteiger partial charge on any atom is 0.322 e. The predicted octanol–water partition coefficient (Wildman–Crippen LogP) is 3.59. The number of hydrogen-bond donors (Lipinski definition) is 2. The van der Waals surface area contributed by atoms with Crippen molar-refractivity contribution in [1.82, 2.24) is 9.88 Å². The van der Waals surface area contributed by atoms with Crippen molar-refractivity contribution in [3.8, 4) is 0 Å². The van der Waals surface area contributed by atoms with Gasteiger partial charge in [-0.3, -0.25) is 4.79 Å². The number of fused-ring (bicyclic) bond motifs is 1. The molecule has 0 saturated carbocycles. The molecule has 1 aliphatic heterocycles. The summed E-state index contributed by atoms with van der Waals surface area (Å²) in [6.45, 7) is 5.92. The van der Waals surface area contributed by atoms with Gasteiger partial charge in [0.25, 0.3) is 5.56 Å². The number of amides is 2. The molecule has 1 atom stereocenters. The highest BCUT2D eigenvalue weighted by atomic mass is 16.6. The van der Waals surface area contributed by atoms with Crippen LogP contribution >= 0.6 is 0 Å². The van der Waals surface area contributed by atoms with Crippen LogP contribution in [-0.2, 0) is 16.0 Å². The molecular formula is C24H27N3O4. The molecule has 0 unspecified atom stereocenters. The lowest BCUT2D eigenvalue weighted by atomic mass is 10.1. The van der Waals surface area contributed by atoms with Gasteiger partial charge in [0.15, 0.2) is 0 Å². The number of carbonyl (C=O) groups excluding carboxylic acids is 1. The monoisotopic (exact) mass is 421 g/mol. The fraction of sp³-hybridized carbons (Fsp3) is 0.333. The number of anilines is 1. The molecule has 0 spiro atoms. The molecule has 2 N–H and O–H groups in total. The Morgan fingerprint density at radius 2 is 1.97 bits per heavy atom. The SMILES string of the molecule is Cc1cccc(NC(=O)N(Cc2cc3cc(C)ccc3[nH]c2=O)C[C@H]2COCCO2)c1. The number of carbonyl (C=O) groups is 1. The first-order chi connectivity index (χ1) is 15.0. The molecule has 3 aromatic rings. The topological polar surface area (TPSA) is 83.7 Å². The first kappa shape index (κ1) is 21.1. The summed E-state index contributed by atoms with van der Waals surface area (Å²) < 4.78 is 11.2. The zero-order valence-electron chi connectivity index (χ0n) is 17.8. The van der Waals surface area contributed by atoms with Crippen molar-refractivity contribution in [2.45, 2.75) is 26.5 Å². The minimum atomic E-state index is -0.288. The van der Waals surface area contributed by atoms with E-state index in [0.29, 0.717) is 37.6 Å². The Hall–Kier alpha value is -3.16. The Balaban J connectivity index is 1.60. The van der Waals surface area contributed by atoms with Crippen LogP contribution in [0.25, 0.3) is 10.9 Å². The molecule has 2 aromatic carbocycles. The van der Waals surface area contributed by atoms with Crippen molar-refractivity contribution in [2.75, 3.05) is 31.7 Å². The number of ether oxygens (including phenoxy) is 2. The number of nitrogens with zero attached hydrogens (tertiary/aromatic N) is 1. The van der Waals surface area contributed by atoms with E-state index in [1.54, 1.807) is 4.90 Å². The number of aromatic nitrogens is 1. The summed E-state index contributed by atoms with van der Waals surface area (Å²) in [5, 5.41) is 3.87. The Morgan fingerprint density at radius 1 is 1.13 bits per heavy atom. The van der Waals surface area contributed by atoms with Gasteiger partial charge in [0.2, 0.25) is 0 Å². The van der Waals surface area contributed by atoms with Crippen LogP contribution in [0.1, 0.15) is 16.7 Å². The highest BCUT2D eigenvalue weighted by molar-refractivity contribution is 5.89. The largest absolute Gasteiger partial charge is 0.376 e. The van der Waals surface area contributed by atoms with Crippen molar-refractivity contribution in [3.05, 3.63) is 75.6 Å². The van der Waals surface area contributed by atoms with Crippen molar-refractivity contribution < 1.29 is 14.3 Å². The number of aromatic amines is 1. The van der Waals surface area contributed by atoms with Crippen LogP contribution in [-0.4, -0.2) is 48.4 Å². The predicted molar refractivity (Wildman–Crippen MR) is 120 cm³/mol. The van der Waals surface area contributed by atoms with Crippen LogP contribution in [0.4, 0.5) is 10.5 Å². The fourth-order valence-corrected chi connectivity index (χ4v) is 3.73. The number of H-pyrrole nitrogens is 1. The van der Waals surface area contributed by atoms with Crippen LogP contribution in [0.2, 0.25) is 0 Å². The lowest BCUT2D eigenvalue weighted by Crippen LogP contribution is -2.44. The number of aryl methyl sites for hydroxylation is 2. The van der Waals surface area contributed by atoms with E-state index in [4.69, 9.17) is 9.47 Å². The summed E-state index contributed by atoms with van der Waals surface area (Å²) in [6, 6.07) is 15.0. The molecule has 0 bridgehead atoms. The van der Waals surface area contributed by atoms with Gasteiger partial charge in [0.1, 0.15) is 0 Å². The molecule has 2 amide bonds. The maximum atomic E-state index is 13.1. The number of pyridine rings is 1. The molecule has 1 fully saturated rings. The van der Waals surface area contributed by atoms with Crippen LogP contribution < -0.4 is 10.9 Å². The summed E-state index contributed by atoms with van der Waals surface area (Å²) in [6.07, 6.45) is -0.237. The molecule has 7 heteroatoms. The summed E-state index contributed by atoms with van der Waals surface area (Å²) in [5.41, 5.74) is 3.96. The van der Waals surface area contributed by atoms with Crippen molar-refractivity contribution >= 4 is 22.6 Å². The molecule has 1 saturated heterocycles. The van der Waals surface area contributed by atoms with Gasteiger partial charge in [0.05, 0.1) is 39.0 Å². The van der Waals surface area contributed by atoms with E-state index in [1.165, 1.54) is 0 Å². The van der Waals surface area contributed by atoms with Gasteiger partial charge in [-0.1, -0.05) is 23.8 Å². The Kier molecular flexibility index (Phi) is 6.34. The smallest absolute Gasteiger partial charge is 0.322 e. The molecular weight excluding hydrogens is 394 g/mol. The molecule has 4 rings (SSSR count). The van der Waals surface area contributed by atoms with Crippen molar-refractivity contribution in [1.29, 1.82) is 0 Å². The average Bonchev–Trinajstić information content (AvgIpc) is 2.75. The van der Waals surface area contributed by atoms with Gasteiger partial charge < -0.3 is 24.7 Å². The zero-order chi connectivity index (χ0) is 21.8. The third-order valence-corrected chi connectivity index (χ3v) is 5.30. The van der Waals surface area contributed by atoms with E-state index in [9.17, 15) is 9.59 Å². The minimum Gasteiger partial charge on any atom is -0.376 e. The number of rotatable bonds is 5. The summed E-state index contributed by atoms with van der Waals surface area (Å²) >= 11 is 0. The highest BCUT2D eigenvalue weighted by Gasteiger charge is 2.23. The minimum absolute atomic E-state index is 0.163. The number of benzene rings is 2. The Morgan fingerprint density at radius 3 is 2.74 bits per heavy atom. The van der Waals surface area contributed by atoms with E-state index >= 15 is 0 Å². The first-order valence-electron chi connectivity index (χ1n) is 10.4. The van der Waals surface area contributed by atoms with Gasteiger partial charge in [-0.2, -0.15) is 0 Å². The molecule has 1 aliphatic rings. The molecule has 162 valence electrons. The van der Waals surface area contributed by atoms with Crippen molar-refractivity contribution in [3.63, 3.8) is 0 Å². The van der Waals surface area contributed by atoms with E-state index < -0.39 is 0 Å². The quantitative estimate of drug-likeness (QED) is 0.659. The van der Waals surface area contributed by atoms with Crippen LogP contribution in [0.3, 0.4) is 0 Å². The fourth-order valence-electron chi connectivity index (χ4n) is 3.73. The first-order valence-corrected chi connectivity index (χ1v) is 10.4. The summed E-state index contributed by atoms with van der Waals surface area (Å²) in [7, 11) is 0. The van der Waals surface area contributed by atoms with Gasteiger partial charge in [0, 0.05) is 16.8 Å². The maximum absolute atomic E-state index is 13.1. The molecule has 2 heterocycles. The number of nitrogens with one attached hydrogen (secondary N) is 2.